The third-order valence-corrected chi connectivity index (χ3v) is 5.72. The molecule has 0 N–H and O–H groups in total. The van der Waals surface area contributed by atoms with Gasteiger partial charge in [-0.15, -0.1) is 0 Å². The van der Waals surface area contributed by atoms with Crippen LogP contribution in [0.5, 0.6) is 0 Å². The second kappa shape index (κ2) is 8.33. The van der Waals surface area contributed by atoms with Crippen molar-refractivity contribution in [3.8, 4) is 0 Å². The van der Waals surface area contributed by atoms with Gasteiger partial charge in [0.2, 0.25) is 5.91 Å². The first-order valence-corrected chi connectivity index (χ1v) is 10.1. The molecule has 2 aromatic rings. The minimum absolute atomic E-state index is 0.0670. The van der Waals surface area contributed by atoms with Crippen LogP contribution in [0.15, 0.2) is 54.6 Å². The average molecular weight is 396 g/mol. The van der Waals surface area contributed by atoms with Gasteiger partial charge in [-0.05, 0) is 49.1 Å². The summed E-state index contributed by atoms with van der Waals surface area (Å²) in [5, 5.41) is 0. The summed E-state index contributed by atoms with van der Waals surface area (Å²) in [6, 6.07) is 15.6. The number of benzene rings is 2. The molecule has 2 aromatic carbocycles. The molecule has 1 unspecified atom stereocenters. The van der Waals surface area contributed by atoms with Crippen molar-refractivity contribution >= 4 is 17.5 Å². The molecule has 2 amide bonds. The van der Waals surface area contributed by atoms with E-state index in [0.29, 0.717) is 26.1 Å². The first-order chi connectivity index (χ1) is 14.1. The molecule has 2 fully saturated rings. The third kappa shape index (κ3) is 4.17. The Labute approximate surface area is 170 Å². The number of para-hydroxylation sites is 1. The van der Waals surface area contributed by atoms with Crippen molar-refractivity contribution in [2.45, 2.75) is 31.3 Å². The summed E-state index contributed by atoms with van der Waals surface area (Å²) in [6.45, 7) is 1.70. The molecule has 2 saturated heterocycles. The van der Waals surface area contributed by atoms with E-state index < -0.39 is 5.60 Å². The van der Waals surface area contributed by atoms with Gasteiger partial charge in [-0.2, -0.15) is 0 Å². The molecular weight excluding hydrogens is 371 g/mol. The predicted molar refractivity (Wildman–Crippen MR) is 108 cm³/mol. The van der Waals surface area contributed by atoms with E-state index in [0.717, 1.165) is 24.1 Å². The largest absolute Gasteiger partial charge is 0.361 e. The van der Waals surface area contributed by atoms with Gasteiger partial charge in [0.05, 0.1) is 19.6 Å². The van der Waals surface area contributed by atoms with Crippen LogP contribution in [0.1, 0.15) is 24.8 Å². The number of hydrogen-bond donors (Lipinski definition) is 0. The monoisotopic (exact) mass is 396 g/mol. The number of hydrogen-bond acceptors (Lipinski definition) is 3. The van der Waals surface area contributed by atoms with Crippen molar-refractivity contribution in [1.82, 2.24) is 4.90 Å². The average Bonchev–Trinajstić information content (AvgIpc) is 2.90. The molecule has 0 saturated carbocycles. The summed E-state index contributed by atoms with van der Waals surface area (Å²) in [4.78, 5) is 29.9. The number of amides is 2. The Hall–Kier alpha value is -2.73. The number of carbonyl (C=O) groups is 2. The Morgan fingerprint density at radius 2 is 1.79 bits per heavy atom. The number of ether oxygens (including phenoxy) is 1. The van der Waals surface area contributed by atoms with Crippen molar-refractivity contribution in [3.63, 3.8) is 0 Å². The van der Waals surface area contributed by atoms with E-state index in [1.807, 2.05) is 30.3 Å². The fourth-order valence-corrected chi connectivity index (χ4v) is 4.16. The Balaban J connectivity index is 1.52. The second-order valence-electron chi connectivity index (χ2n) is 7.71. The molecule has 152 valence electrons. The maximum Gasteiger partial charge on any atom is 0.261 e. The number of anilines is 1. The molecule has 0 radical (unpaired) electrons. The van der Waals surface area contributed by atoms with Crippen LogP contribution >= 0.6 is 0 Å². The normalized spacial score (nSPS) is 22.6. The molecule has 0 aromatic heterocycles. The van der Waals surface area contributed by atoms with Gasteiger partial charge in [0.1, 0.15) is 5.82 Å². The topological polar surface area (TPSA) is 49.9 Å². The molecule has 1 spiro atoms. The summed E-state index contributed by atoms with van der Waals surface area (Å²) in [5.74, 6) is -0.459. The van der Waals surface area contributed by atoms with E-state index in [1.165, 1.54) is 12.1 Å². The van der Waals surface area contributed by atoms with Crippen LogP contribution in [-0.2, 0) is 20.7 Å². The molecular formula is C23H25FN2O3. The maximum absolute atomic E-state index is 13.5. The molecule has 5 nitrogen and oxygen atoms in total. The summed E-state index contributed by atoms with van der Waals surface area (Å²) >= 11 is 0. The van der Waals surface area contributed by atoms with Crippen LogP contribution in [-0.4, -0.2) is 48.6 Å². The molecule has 1 atom stereocenters. The molecule has 6 heteroatoms. The van der Waals surface area contributed by atoms with Gasteiger partial charge in [0, 0.05) is 18.8 Å². The van der Waals surface area contributed by atoms with Crippen LogP contribution in [0.3, 0.4) is 0 Å². The van der Waals surface area contributed by atoms with Gasteiger partial charge in [-0.25, -0.2) is 4.39 Å². The van der Waals surface area contributed by atoms with Crippen LogP contribution in [0.25, 0.3) is 0 Å². The third-order valence-electron chi connectivity index (χ3n) is 5.72. The van der Waals surface area contributed by atoms with Gasteiger partial charge < -0.3 is 14.5 Å². The first kappa shape index (κ1) is 19.6. The highest BCUT2D eigenvalue weighted by atomic mass is 19.1. The maximum atomic E-state index is 13.5. The summed E-state index contributed by atoms with van der Waals surface area (Å²) in [7, 11) is 0. The van der Waals surface area contributed by atoms with Crippen LogP contribution in [0.2, 0.25) is 0 Å². The highest BCUT2D eigenvalue weighted by molar-refractivity contribution is 6.00. The molecule has 2 aliphatic heterocycles. The molecule has 0 aliphatic carbocycles. The fourth-order valence-electron chi connectivity index (χ4n) is 4.16. The van der Waals surface area contributed by atoms with E-state index in [1.54, 1.807) is 21.9 Å². The molecule has 2 aliphatic rings. The van der Waals surface area contributed by atoms with Crippen LogP contribution in [0, 0.1) is 5.82 Å². The van der Waals surface area contributed by atoms with Gasteiger partial charge in [0.25, 0.3) is 5.91 Å². The van der Waals surface area contributed by atoms with E-state index in [2.05, 4.69) is 0 Å². The number of rotatable bonds is 3. The fraction of sp³-hybridized carbons (Fsp3) is 0.391. The minimum atomic E-state index is -0.997. The van der Waals surface area contributed by atoms with Crippen molar-refractivity contribution in [3.05, 3.63) is 66.0 Å². The quantitative estimate of drug-likeness (QED) is 0.801. The highest BCUT2D eigenvalue weighted by Gasteiger charge is 2.48. The van der Waals surface area contributed by atoms with Crippen molar-refractivity contribution in [2.24, 2.45) is 0 Å². The van der Waals surface area contributed by atoms with Gasteiger partial charge in [-0.1, -0.05) is 30.3 Å². The van der Waals surface area contributed by atoms with E-state index in [-0.39, 0.29) is 30.6 Å². The SMILES string of the molecule is O=C(Cc1ccc(F)cc1)N1CCOC2(CCCCN(c3ccccc3)C2=O)C1. The number of morpholine rings is 1. The van der Waals surface area contributed by atoms with Crippen LogP contribution < -0.4 is 4.90 Å². The number of halogens is 1. The zero-order valence-electron chi connectivity index (χ0n) is 16.4. The molecule has 4 rings (SSSR count). The van der Waals surface area contributed by atoms with Gasteiger partial charge in [0.15, 0.2) is 5.60 Å². The zero-order chi connectivity index (χ0) is 20.3. The van der Waals surface area contributed by atoms with E-state index in [9.17, 15) is 14.0 Å². The van der Waals surface area contributed by atoms with Crippen molar-refractivity contribution in [1.29, 1.82) is 0 Å². The lowest BCUT2D eigenvalue weighted by atomic mass is 9.93. The Morgan fingerprint density at radius 1 is 1.03 bits per heavy atom. The van der Waals surface area contributed by atoms with Crippen LogP contribution in [0.4, 0.5) is 10.1 Å². The summed E-state index contributed by atoms with van der Waals surface area (Å²) in [6.07, 6.45) is 2.56. The summed E-state index contributed by atoms with van der Waals surface area (Å²) < 4.78 is 19.2. The van der Waals surface area contributed by atoms with Crippen molar-refractivity contribution < 1.29 is 18.7 Å². The van der Waals surface area contributed by atoms with Crippen molar-refractivity contribution in [2.75, 3.05) is 31.1 Å². The Kier molecular flexibility index (Phi) is 5.62. The second-order valence-corrected chi connectivity index (χ2v) is 7.71. The zero-order valence-corrected chi connectivity index (χ0v) is 16.4. The number of nitrogens with zero attached hydrogens (tertiary/aromatic N) is 2. The van der Waals surface area contributed by atoms with E-state index in [4.69, 9.17) is 4.74 Å². The highest BCUT2D eigenvalue weighted by Crippen LogP contribution is 2.32. The first-order valence-electron chi connectivity index (χ1n) is 10.1. The van der Waals surface area contributed by atoms with Gasteiger partial charge in [-0.3, -0.25) is 9.59 Å². The Morgan fingerprint density at radius 3 is 2.55 bits per heavy atom. The van der Waals surface area contributed by atoms with E-state index >= 15 is 0 Å². The predicted octanol–water partition coefficient (Wildman–Crippen LogP) is 3.18. The lowest BCUT2D eigenvalue weighted by Crippen LogP contribution is -2.61. The summed E-state index contributed by atoms with van der Waals surface area (Å²) in [5.41, 5.74) is 0.621. The molecule has 2 heterocycles. The lowest BCUT2D eigenvalue weighted by Gasteiger charge is -2.42. The Bertz CT molecular complexity index is 871. The van der Waals surface area contributed by atoms with Gasteiger partial charge >= 0.3 is 0 Å². The lowest BCUT2D eigenvalue weighted by molar-refractivity contribution is -0.164. The molecule has 0 bridgehead atoms. The minimum Gasteiger partial charge on any atom is -0.361 e. The molecule has 29 heavy (non-hydrogen) atoms. The smallest absolute Gasteiger partial charge is 0.261 e. The standard InChI is InChI=1S/C23H25FN2O3/c24-19-10-8-18(9-11-19)16-21(27)25-14-15-29-23(17-25)12-4-5-13-26(22(23)28)20-6-2-1-3-7-20/h1-3,6-11H,4-5,12-17H2. The number of carbonyl (C=O) groups excluding carboxylic acids is 2.